The minimum Gasteiger partial charge on any atom is -0.456 e. The maximum Gasteiger partial charge on any atom is 0.307 e. The molecule has 1 aromatic heterocycles. The van der Waals surface area contributed by atoms with E-state index in [1.807, 2.05) is 6.07 Å². The predicted molar refractivity (Wildman–Crippen MR) is 69.7 cm³/mol. The molecule has 1 heterocycles. The topological polar surface area (TPSA) is 78.4 Å². The highest BCUT2D eigenvalue weighted by Crippen LogP contribution is 2.05. The van der Waals surface area contributed by atoms with Crippen LogP contribution in [-0.2, 0) is 0 Å². The van der Waals surface area contributed by atoms with Gasteiger partial charge in [-0.25, -0.2) is 5.43 Å². The molecular weight excluding hydrogens is 242 g/mol. The highest BCUT2D eigenvalue weighted by Gasteiger charge is 2.07. The molecule has 0 radical (unpaired) electrons. The van der Waals surface area contributed by atoms with Crippen molar-refractivity contribution in [1.82, 2.24) is 5.43 Å². The van der Waals surface area contributed by atoms with Gasteiger partial charge in [0.25, 0.3) is 0 Å². The minimum atomic E-state index is -0.405. The van der Waals surface area contributed by atoms with Gasteiger partial charge in [-0.15, -0.1) is 0 Å². The number of carbonyl (C=O) groups excluding carboxylic acids is 1. The summed E-state index contributed by atoms with van der Waals surface area (Å²) in [5.74, 6) is 0.480. The van der Waals surface area contributed by atoms with Crippen LogP contribution in [0.25, 0.3) is 0 Å². The third kappa shape index (κ3) is 3.30. The number of furan rings is 1. The maximum atomic E-state index is 11.6. The van der Waals surface area contributed by atoms with E-state index >= 15 is 0 Å². The second kappa shape index (κ2) is 5.65. The van der Waals surface area contributed by atoms with Crippen LogP contribution >= 0.6 is 0 Å². The molecule has 94 valence electrons. The second-order valence-electron chi connectivity index (χ2n) is 3.84. The van der Waals surface area contributed by atoms with Crippen LogP contribution in [0.3, 0.4) is 0 Å². The number of carbonyl (C=O) groups is 1. The number of nitrogens with one attached hydrogen (secondary N) is 1. The van der Waals surface area contributed by atoms with Crippen LogP contribution in [0.4, 0.5) is 0 Å². The van der Waals surface area contributed by atoms with E-state index in [2.05, 4.69) is 10.5 Å². The summed E-state index contributed by atoms with van der Waals surface area (Å²) in [7, 11) is 0. The van der Waals surface area contributed by atoms with E-state index in [1.54, 1.807) is 43.3 Å². The number of hydrogen-bond donors (Lipinski definition) is 1. The first-order chi connectivity index (χ1) is 9.19. The molecule has 5 heteroatoms. The van der Waals surface area contributed by atoms with E-state index < -0.39 is 5.91 Å². The Morgan fingerprint density at radius 3 is 2.63 bits per heavy atom. The number of benzene rings is 1. The Balaban J connectivity index is 1.96. The summed E-state index contributed by atoms with van der Waals surface area (Å²) in [5, 5.41) is 12.5. The number of nitrogens with zero attached hydrogens (tertiary/aromatic N) is 2. The summed E-state index contributed by atoms with van der Waals surface area (Å²) in [6.07, 6.45) is 1.49. The van der Waals surface area contributed by atoms with Crippen LogP contribution in [0.2, 0.25) is 0 Å². The summed E-state index contributed by atoms with van der Waals surface area (Å²) in [4.78, 5) is 11.6. The highest BCUT2D eigenvalue weighted by molar-refractivity contribution is 5.92. The Labute approximate surface area is 110 Å². The molecule has 0 spiro atoms. The average molecular weight is 253 g/mol. The average Bonchev–Trinajstić information content (AvgIpc) is 2.86. The molecule has 0 aliphatic carbocycles. The lowest BCUT2D eigenvalue weighted by Crippen LogP contribution is -2.16. The Morgan fingerprint density at radius 1 is 1.32 bits per heavy atom. The van der Waals surface area contributed by atoms with Gasteiger partial charge >= 0.3 is 5.91 Å². The molecule has 0 atom stereocenters. The van der Waals surface area contributed by atoms with E-state index in [9.17, 15) is 4.79 Å². The van der Waals surface area contributed by atoms with Crippen molar-refractivity contribution in [3.05, 3.63) is 59.0 Å². The number of aryl methyl sites for hydroxylation is 1. The zero-order valence-corrected chi connectivity index (χ0v) is 10.3. The number of hydrazone groups is 1. The third-order valence-corrected chi connectivity index (χ3v) is 2.38. The molecule has 2 rings (SSSR count). The standard InChI is InChI=1S/C14H11N3O2/c1-10-2-7-13(19-10)14(18)17-16-9-12-5-3-11(8-15)4-6-12/h2-7,9H,1H3,(H,17,18)/b16-9+. The summed E-state index contributed by atoms with van der Waals surface area (Å²) >= 11 is 0. The van der Waals surface area contributed by atoms with Crippen molar-refractivity contribution in [1.29, 1.82) is 5.26 Å². The van der Waals surface area contributed by atoms with Crippen LogP contribution in [0.5, 0.6) is 0 Å². The van der Waals surface area contributed by atoms with E-state index in [-0.39, 0.29) is 5.76 Å². The van der Waals surface area contributed by atoms with Gasteiger partial charge < -0.3 is 4.42 Å². The van der Waals surface area contributed by atoms with Crippen LogP contribution < -0.4 is 5.43 Å². The van der Waals surface area contributed by atoms with Crippen molar-refractivity contribution in [2.24, 2.45) is 5.10 Å². The molecule has 0 aliphatic heterocycles. The Kier molecular flexibility index (Phi) is 3.74. The SMILES string of the molecule is Cc1ccc(C(=O)N/N=C/c2ccc(C#N)cc2)o1. The normalized spacial score (nSPS) is 10.3. The van der Waals surface area contributed by atoms with E-state index in [0.717, 1.165) is 5.56 Å². The van der Waals surface area contributed by atoms with E-state index in [1.165, 1.54) is 6.21 Å². The lowest BCUT2D eigenvalue weighted by molar-refractivity contribution is 0.0926. The Morgan fingerprint density at radius 2 is 2.05 bits per heavy atom. The van der Waals surface area contributed by atoms with Crippen LogP contribution in [-0.4, -0.2) is 12.1 Å². The highest BCUT2D eigenvalue weighted by atomic mass is 16.3. The van der Waals surface area contributed by atoms with Crippen molar-refractivity contribution in [2.75, 3.05) is 0 Å². The molecule has 5 nitrogen and oxygen atoms in total. The van der Waals surface area contributed by atoms with Crippen molar-refractivity contribution in [2.45, 2.75) is 6.92 Å². The molecule has 0 unspecified atom stereocenters. The zero-order chi connectivity index (χ0) is 13.7. The minimum absolute atomic E-state index is 0.217. The summed E-state index contributed by atoms with van der Waals surface area (Å²) in [6.45, 7) is 1.76. The number of hydrogen-bond acceptors (Lipinski definition) is 4. The van der Waals surface area contributed by atoms with Gasteiger partial charge in [0, 0.05) is 0 Å². The largest absolute Gasteiger partial charge is 0.456 e. The molecule has 19 heavy (non-hydrogen) atoms. The first-order valence-corrected chi connectivity index (χ1v) is 5.59. The van der Waals surface area contributed by atoms with Crippen LogP contribution in [0, 0.1) is 18.3 Å². The number of nitriles is 1. The van der Waals surface area contributed by atoms with Gasteiger partial charge in [0.15, 0.2) is 5.76 Å². The van der Waals surface area contributed by atoms with Gasteiger partial charge in [-0.3, -0.25) is 4.79 Å². The molecular formula is C14H11N3O2. The van der Waals surface area contributed by atoms with Crippen LogP contribution in [0.1, 0.15) is 27.4 Å². The second-order valence-corrected chi connectivity index (χ2v) is 3.84. The molecule has 1 amide bonds. The fourth-order valence-corrected chi connectivity index (χ4v) is 1.42. The fourth-order valence-electron chi connectivity index (χ4n) is 1.42. The lowest BCUT2D eigenvalue weighted by atomic mass is 10.2. The summed E-state index contributed by atoms with van der Waals surface area (Å²) in [6, 6.07) is 12.2. The maximum absolute atomic E-state index is 11.6. The fraction of sp³-hybridized carbons (Fsp3) is 0.0714. The molecule has 0 saturated heterocycles. The zero-order valence-electron chi connectivity index (χ0n) is 10.3. The Bertz CT molecular complexity index is 648. The van der Waals surface area contributed by atoms with Gasteiger partial charge in [-0.1, -0.05) is 12.1 Å². The van der Waals surface area contributed by atoms with Gasteiger partial charge in [0.2, 0.25) is 0 Å². The van der Waals surface area contributed by atoms with Crippen LogP contribution in [0.15, 0.2) is 45.9 Å². The molecule has 0 aliphatic rings. The number of amides is 1. The molecule has 0 fully saturated rings. The molecule has 1 N–H and O–H groups in total. The van der Waals surface area contributed by atoms with Crippen molar-refractivity contribution >= 4 is 12.1 Å². The van der Waals surface area contributed by atoms with Crippen molar-refractivity contribution < 1.29 is 9.21 Å². The molecule has 2 aromatic rings. The summed E-state index contributed by atoms with van der Waals surface area (Å²) < 4.78 is 5.16. The molecule has 0 saturated carbocycles. The first kappa shape index (κ1) is 12.6. The third-order valence-electron chi connectivity index (χ3n) is 2.38. The number of rotatable bonds is 3. The van der Waals surface area contributed by atoms with Gasteiger partial charge in [0.1, 0.15) is 5.76 Å². The lowest BCUT2D eigenvalue weighted by Gasteiger charge is -1.96. The van der Waals surface area contributed by atoms with Gasteiger partial charge in [-0.05, 0) is 36.8 Å². The quantitative estimate of drug-likeness (QED) is 0.673. The predicted octanol–water partition coefficient (Wildman–Crippen LogP) is 2.22. The van der Waals surface area contributed by atoms with E-state index in [4.69, 9.17) is 9.68 Å². The van der Waals surface area contributed by atoms with Crippen molar-refractivity contribution in [3.8, 4) is 6.07 Å². The van der Waals surface area contributed by atoms with Gasteiger partial charge in [0.05, 0.1) is 17.8 Å². The van der Waals surface area contributed by atoms with Gasteiger partial charge in [-0.2, -0.15) is 10.4 Å². The monoisotopic (exact) mass is 253 g/mol. The van der Waals surface area contributed by atoms with Crippen molar-refractivity contribution in [3.63, 3.8) is 0 Å². The van der Waals surface area contributed by atoms with E-state index in [0.29, 0.717) is 11.3 Å². The Hall–Kier alpha value is -2.87. The smallest absolute Gasteiger partial charge is 0.307 e. The summed E-state index contributed by atoms with van der Waals surface area (Å²) in [5.41, 5.74) is 3.72. The first-order valence-electron chi connectivity index (χ1n) is 5.59. The molecule has 0 bridgehead atoms. The molecule has 1 aromatic carbocycles.